The van der Waals surface area contributed by atoms with Crippen LogP contribution in [-0.4, -0.2) is 71.0 Å². The summed E-state index contributed by atoms with van der Waals surface area (Å²) in [5.41, 5.74) is 19.5. The van der Waals surface area contributed by atoms with E-state index >= 15 is 0 Å². The average molecular weight is 634 g/mol. The Balaban J connectivity index is 1.56. The van der Waals surface area contributed by atoms with Crippen LogP contribution in [-0.2, 0) is 18.9 Å². The molecule has 0 aliphatic heterocycles. The van der Waals surface area contributed by atoms with Crippen LogP contribution in [0.3, 0.4) is 0 Å². The SMILES string of the molecule is CC(C)=CCOCCC[C@@H](C)[C@H]1CC[C@H]2C3C(OCCCN)CC4C[C@H](OCCCN)CC[C@]4(C)[C@H]3C[C@H](OCCCN)C12C. The van der Waals surface area contributed by atoms with Gasteiger partial charge in [-0.1, -0.05) is 32.4 Å². The lowest BCUT2D eigenvalue weighted by Gasteiger charge is -2.65. The van der Waals surface area contributed by atoms with Crippen molar-refractivity contribution in [3.05, 3.63) is 11.6 Å². The number of fused-ring (bicyclic) bond motifs is 5. The zero-order valence-electron chi connectivity index (χ0n) is 29.8. The monoisotopic (exact) mass is 634 g/mol. The highest BCUT2D eigenvalue weighted by atomic mass is 16.5. The Morgan fingerprint density at radius 3 is 2.18 bits per heavy atom. The third-order valence-electron chi connectivity index (χ3n) is 13.1. The first-order valence-electron chi connectivity index (χ1n) is 18.9. The zero-order valence-corrected chi connectivity index (χ0v) is 29.8. The summed E-state index contributed by atoms with van der Waals surface area (Å²) < 4.78 is 26.2. The maximum absolute atomic E-state index is 6.99. The topological polar surface area (TPSA) is 115 Å². The van der Waals surface area contributed by atoms with Gasteiger partial charge in [0.25, 0.3) is 0 Å². The predicted octanol–water partition coefficient (Wildman–Crippen LogP) is 6.47. The fourth-order valence-corrected chi connectivity index (χ4v) is 10.6. The molecule has 6 N–H and O–H groups in total. The Bertz CT molecular complexity index is 898. The number of ether oxygens (including phenoxy) is 4. The first-order chi connectivity index (χ1) is 21.7. The minimum absolute atomic E-state index is 0.152. The molecule has 4 aliphatic rings. The second-order valence-electron chi connectivity index (χ2n) is 16.0. The van der Waals surface area contributed by atoms with Gasteiger partial charge in [-0.15, -0.1) is 0 Å². The van der Waals surface area contributed by atoms with Crippen molar-refractivity contribution in [3.8, 4) is 0 Å². The summed E-state index contributed by atoms with van der Waals surface area (Å²) in [6, 6.07) is 0. The first-order valence-corrected chi connectivity index (χ1v) is 18.9. The number of hydrogen-bond donors (Lipinski definition) is 3. The lowest BCUT2D eigenvalue weighted by atomic mass is 9.43. The molecule has 4 aliphatic carbocycles. The van der Waals surface area contributed by atoms with Gasteiger partial charge >= 0.3 is 0 Å². The van der Waals surface area contributed by atoms with Crippen LogP contribution in [0.4, 0.5) is 0 Å². The van der Waals surface area contributed by atoms with Crippen LogP contribution >= 0.6 is 0 Å². The first kappa shape index (κ1) is 37.3. The van der Waals surface area contributed by atoms with E-state index in [-0.39, 0.29) is 11.5 Å². The van der Waals surface area contributed by atoms with Crippen molar-refractivity contribution in [2.45, 2.75) is 130 Å². The smallest absolute Gasteiger partial charge is 0.0649 e. The van der Waals surface area contributed by atoms with Crippen LogP contribution in [0.2, 0.25) is 0 Å². The summed E-state index contributed by atoms with van der Waals surface area (Å²) in [5, 5.41) is 0. The highest BCUT2D eigenvalue weighted by molar-refractivity contribution is 5.15. The molecule has 4 unspecified atom stereocenters. The molecule has 11 atom stereocenters. The van der Waals surface area contributed by atoms with E-state index in [9.17, 15) is 0 Å². The minimum Gasteiger partial charge on any atom is -0.378 e. The third-order valence-corrected chi connectivity index (χ3v) is 13.1. The Labute approximate surface area is 276 Å². The summed E-state index contributed by atoms with van der Waals surface area (Å²) in [4.78, 5) is 0. The van der Waals surface area contributed by atoms with Crippen molar-refractivity contribution in [1.82, 2.24) is 0 Å². The molecule has 0 amide bonds. The molecule has 0 aromatic carbocycles. The van der Waals surface area contributed by atoms with Crippen LogP contribution in [0.1, 0.15) is 112 Å². The minimum atomic E-state index is 0.152. The van der Waals surface area contributed by atoms with Crippen molar-refractivity contribution in [2.75, 3.05) is 52.7 Å². The summed E-state index contributed by atoms with van der Waals surface area (Å²) in [6.07, 6.45) is 16.7. The van der Waals surface area contributed by atoms with E-state index in [1.165, 1.54) is 31.3 Å². The van der Waals surface area contributed by atoms with Crippen molar-refractivity contribution in [3.63, 3.8) is 0 Å². The molecule has 4 fully saturated rings. The molecule has 7 heteroatoms. The molecule has 0 heterocycles. The van der Waals surface area contributed by atoms with Crippen molar-refractivity contribution >= 4 is 0 Å². The van der Waals surface area contributed by atoms with Gasteiger partial charge in [0.15, 0.2) is 0 Å². The van der Waals surface area contributed by atoms with Gasteiger partial charge < -0.3 is 36.1 Å². The standard InChI is InChI=1S/C38H71N3O4/c1-27(2)14-23-42-19-6-10-28(3)31-11-12-32-36-33(26-35(38(31,32)5)45-22-9-18-41)37(4)15-13-30(43-20-7-16-39)24-29(37)25-34(36)44-21-8-17-40/h14,28-36H,6-13,15-26,39-41H2,1-5H3/t28-,29?,30-,31-,32+,33+,34?,35+,36?,37+,38?/m1/s1. The van der Waals surface area contributed by atoms with Gasteiger partial charge in [0.05, 0.1) is 24.9 Å². The summed E-state index contributed by atoms with van der Waals surface area (Å²) in [6.45, 7) is 18.0. The molecule has 0 aromatic heterocycles. The van der Waals surface area contributed by atoms with Crippen molar-refractivity contribution in [2.24, 2.45) is 63.5 Å². The largest absolute Gasteiger partial charge is 0.378 e. The van der Waals surface area contributed by atoms with E-state index in [0.29, 0.717) is 72.8 Å². The van der Waals surface area contributed by atoms with Gasteiger partial charge in [-0.25, -0.2) is 0 Å². The second-order valence-corrected chi connectivity index (χ2v) is 16.0. The van der Waals surface area contributed by atoms with Crippen LogP contribution in [0.5, 0.6) is 0 Å². The van der Waals surface area contributed by atoms with E-state index in [1.54, 1.807) is 0 Å². The Kier molecular flexibility index (Phi) is 14.7. The normalized spacial score (nSPS) is 38.3. The van der Waals surface area contributed by atoms with Gasteiger partial charge in [0.1, 0.15) is 0 Å². The summed E-state index contributed by atoms with van der Waals surface area (Å²) >= 11 is 0. The molecule has 0 saturated heterocycles. The van der Waals surface area contributed by atoms with E-state index in [4.69, 9.17) is 36.1 Å². The number of allylic oxidation sites excluding steroid dienone is 1. The molecule has 45 heavy (non-hydrogen) atoms. The molecule has 4 rings (SSSR count). The highest BCUT2D eigenvalue weighted by Crippen LogP contribution is 2.69. The zero-order chi connectivity index (χ0) is 32.5. The van der Waals surface area contributed by atoms with Crippen LogP contribution in [0, 0.1) is 46.3 Å². The lowest BCUT2D eigenvalue weighted by Crippen LogP contribution is -2.63. The van der Waals surface area contributed by atoms with E-state index in [0.717, 1.165) is 84.4 Å². The molecular weight excluding hydrogens is 562 g/mol. The van der Waals surface area contributed by atoms with Gasteiger partial charge in [-0.2, -0.15) is 0 Å². The van der Waals surface area contributed by atoms with E-state index in [2.05, 4.69) is 40.7 Å². The Morgan fingerprint density at radius 2 is 1.49 bits per heavy atom. The molecule has 7 nitrogen and oxygen atoms in total. The Morgan fingerprint density at radius 1 is 0.800 bits per heavy atom. The molecule has 0 radical (unpaired) electrons. The van der Waals surface area contributed by atoms with Crippen LogP contribution in [0.25, 0.3) is 0 Å². The Hall–Kier alpha value is -0.540. The van der Waals surface area contributed by atoms with Crippen LogP contribution < -0.4 is 17.2 Å². The van der Waals surface area contributed by atoms with E-state index < -0.39 is 0 Å². The average Bonchev–Trinajstić information content (AvgIpc) is 3.37. The second kappa shape index (κ2) is 17.7. The summed E-state index contributed by atoms with van der Waals surface area (Å²) in [5.74, 6) is 3.75. The van der Waals surface area contributed by atoms with Crippen LogP contribution in [0.15, 0.2) is 11.6 Å². The van der Waals surface area contributed by atoms with E-state index in [1.807, 2.05) is 0 Å². The number of hydrogen-bond acceptors (Lipinski definition) is 7. The maximum atomic E-state index is 6.99. The van der Waals surface area contributed by atoms with Gasteiger partial charge in [0.2, 0.25) is 0 Å². The van der Waals surface area contributed by atoms with Gasteiger partial charge in [0, 0.05) is 31.8 Å². The lowest BCUT2D eigenvalue weighted by molar-refractivity contribution is -0.227. The van der Waals surface area contributed by atoms with Crippen molar-refractivity contribution in [1.29, 1.82) is 0 Å². The van der Waals surface area contributed by atoms with Gasteiger partial charge in [-0.05, 0) is 151 Å². The molecule has 262 valence electrons. The number of rotatable bonds is 19. The number of nitrogens with two attached hydrogens (primary N) is 3. The molecular formula is C38H71N3O4. The highest BCUT2D eigenvalue weighted by Gasteiger charge is 2.66. The summed E-state index contributed by atoms with van der Waals surface area (Å²) in [7, 11) is 0. The fourth-order valence-electron chi connectivity index (χ4n) is 10.6. The molecule has 0 bridgehead atoms. The quantitative estimate of drug-likeness (QED) is 0.110. The molecule has 0 spiro atoms. The molecule has 0 aromatic rings. The third kappa shape index (κ3) is 8.74. The molecule has 4 saturated carbocycles. The van der Waals surface area contributed by atoms with Crippen molar-refractivity contribution < 1.29 is 18.9 Å². The fraction of sp³-hybridized carbons (Fsp3) is 0.947. The van der Waals surface area contributed by atoms with Gasteiger partial charge in [-0.3, -0.25) is 0 Å². The maximum Gasteiger partial charge on any atom is 0.0649 e. The predicted molar refractivity (Wildman–Crippen MR) is 185 cm³/mol.